The Labute approximate surface area is 187 Å². The van der Waals surface area contributed by atoms with E-state index in [1.807, 2.05) is 66.2 Å². The number of aliphatic hydroxyl groups excluding tert-OH is 1. The molecule has 7 nitrogen and oxygen atoms in total. The molecule has 1 unspecified atom stereocenters. The van der Waals surface area contributed by atoms with E-state index in [1.165, 1.54) is 6.33 Å². The molecular formula is C24H26N3O4P. The Morgan fingerprint density at radius 2 is 1.22 bits per heavy atom. The molecule has 0 fully saturated rings. The minimum atomic E-state index is -3.13. The van der Waals surface area contributed by atoms with E-state index in [-0.39, 0.29) is 0 Å². The maximum Gasteiger partial charge on any atom is 0.314 e. The number of nitrogens with zero attached hydrogens (tertiary/aromatic N) is 3. The van der Waals surface area contributed by atoms with Crippen molar-refractivity contribution in [2.75, 3.05) is 0 Å². The minimum Gasteiger partial charge on any atom is -0.385 e. The van der Waals surface area contributed by atoms with E-state index in [9.17, 15) is 5.11 Å². The van der Waals surface area contributed by atoms with Gasteiger partial charge >= 0.3 is 8.25 Å². The van der Waals surface area contributed by atoms with Crippen LogP contribution in [0.5, 0.6) is 0 Å². The van der Waals surface area contributed by atoms with Gasteiger partial charge in [0.2, 0.25) is 0 Å². The summed E-state index contributed by atoms with van der Waals surface area (Å²) in [4.78, 5) is 18.7. The van der Waals surface area contributed by atoms with Crippen LogP contribution in [0.25, 0.3) is 0 Å². The molecule has 32 heavy (non-hydrogen) atoms. The van der Waals surface area contributed by atoms with E-state index in [2.05, 4.69) is 46.5 Å². The zero-order chi connectivity index (χ0) is 23.0. The zero-order valence-corrected chi connectivity index (χ0v) is 18.6. The minimum absolute atomic E-state index is 0.555. The molecule has 0 saturated heterocycles. The summed E-state index contributed by atoms with van der Waals surface area (Å²) in [5, 5.41) is 15.3. The first-order valence-electron chi connectivity index (χ1n) is 10.2. The highest BCUT2D eigenvalue weighted by molar-refractivity contribution is 7.30. The lowest BCUT2D eigenvalue weighted by atomic mass is 9.77. The average molecular weight is 451 g/mol. The first kappa shape index (κ1) is 23.6. The van der Waals surface area contributed by atoms with Crippen LogP contribution in [0.4, 0.5) is 0 Å². The lowest BCUT2D eigenvalue weighted by Crippen LogP contribution is -2.40. The second-order valence-electron chi connectivity index (χ2n) is 7.05. The first-order chi connectivity index (χ1) is 15.5. The van der Waals surface area contributed by atoms with Crippen molar-refractivity contribution in [3.05, 3.63) is 120 Å². The fourth-order valence-electron chi connectivity index (χ4n) is 3.82. The molecule has 1 atom stereocenters. The fraction of sp³-hybridized carbons (Fsp3) is 0.167. The maximum absolute atomic E-state index is 10.7. The van der Waals surface area contributed by atoms with Gasteiger partial charge in [0.25, 0.3) is 0 Å². The van der Waals surface area contributed by atoms with Gasteiger partial charge in [0, 0.05) is 0 Å². The largest absolute Gasteiger partial charge is 0.385 e. The van der Waals surface area contributed by atoms with Crippen LogP contribution in [-0.2, 0) is 10.1 Å². The van der Waals surface area contributed by atoms with Crippen molar-refractivity contribution in [1.29, 1.82) is 0 Å². The number of aliphatic hydroxyl groups is 1. The summed E-state index contributed by atoms with van der Waals surface area (Å²) < 4.78 is 10.6. The maximum atomic E-state index is 10.7. The van der Waals surface area contributed by atoms with Gasteiger partial charge in [-0.05, 0) is 23.1 Å². The molecule has 0 aliphatic rings. The van der Waals surface area contributed by atoms with Gasteiger partial charge in [-0.1, -0.05) is 97.9 Å². The first-order valence-corrected chi connectivity index (χ1v) is 11.5. The third-order valence-electron chi connectivity index (χ3n) is 5.15. The standard InChI is InChI=1S/C24H23N3O.H3O3P/c1-2-22(28)23-25-18-26-27(23)24(19-12-6-3-7-13-19,20-14-8-4-9-15-20)21-16-10-5-11-17-21;1-4(2)3/h3-18,22,28H,2H2,1H3;4H,(H2,1,2,3). The van der Waals surface area contributed by atoms with Gasteiger partial charge in [-0.15, -0.1) is 0 Å². The molecule has 3 N–H and O–H groups in total. The monoisotopic (exact) mass is 451 g/mol. The molecule has 0 bridgehead atoms. The van der Waals surface area contributed by atoms with Crippen LogP contribution in [0.2, 0.25) is 0 Å². The van der Waals surface area contributed by atoms with E-state index >= 15 is 0 Å². The van der Waals surface area contributed by atoms with Crippen molar-refractivity contribution >= 4 is 8.25 Å². The molecule has 0 amide bonds. The fourth-order valence-corrected chi connectivity index (χ4v) is 3.82. The van der Waals surface area contributed by atoms with E-state index in [4.69, 9.17) is 14.4 Å². The van der Waals surface area contributed by atoms with Crippen LogP contribution >= 0.6 is 8.25 Å². The summed E-state index contributed by atoms with van der Waals surface area (Å²) in [6, 6.07) is 30.8. The number of hydrogen-bond acceptors (Lipinski definition) is 4. The molecule has 1 heterocycles. The van der Waals surface area contributed by atoms with Crippen molar-refractivity contribution in [2.24, 2.45) is 0 Å². The van der Waals surface area contributed by atoms with Crippen LogP contribution in [0, 0.1) is 0 Å². The normalized spacial score (nSPS) is 12.2. The van der Waals surface area contributed by atoms with Crippen molar-refractivity contribution in [3.63, 3.8) is 0 Å². The third-order valence-corrected chi connectivity index (χ3v) is 5.15. The van der Waals surface area contributed by atoms with Crippen LogP contribution in [0.1, 0.15) is 42.0 Å². The van der Waals surface area contributed by atoms with Gasteiger partial charge in [-0.25, -0.2) is 9.67 Å². The molecule has 0 spiro atoms. The summed E-state index contributed by atoms with van der Waals surface area (Å²) in [6.07, 6.45) is 1.39. The lowest BCUT2D eigenvalue weighted by Gasteiger charge is -2.37. The van der Waals surface area contributed by atoms with Crippen molar-refractivity contribution < 1.29 is 19.5 Å². The Morgan fingerprint density at radius 1 is 0.844 bits per heavy atom. The molecular weight excluding hydrogens is 425 g/mol. The van der Waals surface area contributed by atoms with Crippen LogP contribution in [-0.4, -0.2) is 29.7 Å². The molecule has 1 aromatic heterocycles. The van der Waals surface area contributed by atoms with Gasteiger partial charge in [-0.3, -0.25) is 4.57 Å². The van der Waals surface area contributed by atoms with E-state index in [0.717, 1.165) is 16.7 Å². The van der Waals surface area contributed by atoms with Gasteiger partial charge in [0.05, 0.1) is 0 Å². The molecule has 166 valence electrons. The number of aromatic nitrogens is 3. The molecule has 0 radical (unpaired) electrons. The highest BCUT2D eigenvalue weighted by Crippen LogP contribution is 2.41. The molecule has 4 rings (SSSR count). The lowest BCUT2D eigenvalue weighted by molar-refractivity contribution is 0.153. The van der Waals surface area contributed by atoms with Crippen LogP contribution in [0.15, 0.2) is 97.3 Å². The number of benzene rings is 3. The van der Waals surface area contributed by atoms with Crippen LogP contribution < -0.4 is 0 Å². The van der Waals surface area contributed by atoms with Crippen molar-refractivity contribution in [1.82, 2.24) is 14.8 Å². The van der Waals surface area contributed by atoms with E-state index < -0.39 is 19.9 Å². The molecule has 4 aromatic rings. The van der Waals surface area contributed by atoms with Crippen molar-refractivity contribution in [3.8, 4) is 0 Å². The molecule has 0 aliphatic heterocycles. The Hall–Kier alpha value is -3.09. The van der Waals surface area contributed by atoms with Gasteiger partial charge < -0.3 is 14.9 Å². The summed E-state index contributed by atoms with van der Waals surface area (Å²) in [7, 11) is -3.13. The average Bonchev–Trinajstić information content (AvgIpc) is 3.31. The molecule has 8 heteroatoms. The van der Waals surface area contributed by atoms with Crippen molar-refractivity contribution in [2.45, 2.75) is 25.0 Å². The van der Waals surface area contributed by atoms with E-state index in [1.54, 1.807) is 0 Å². The zero-order valence-electron chi connectivity index (χ0n) is 17.6. The van der Waals surface area contributed by atoms with E-state index in [0.29, 0.717) is 12.2 Å². The number of rotatable bonds is 6. The topological polar surface area (TPSA) is 108 Å². The Balaban J connectivity index is 0.000000668. The predicted octanol–water partition coefficient (Wildman–Crippen LogP) is 3.92. The molecule has 0 saturated carbocycles. The number of hydrogen-bond donors (Lipinski definition) is 3. The Bertz CT molecular complexity index is 1020. The SMILES string of the molecule is CCC(O)c1ncnn1C(c1ccccc1)(c1ccccc1)c1ccccc1.O=[PH](O)O. The summed E-state index contributed by atoms with van der Waals surface area (Å²) in [6.45, 7) is 1.94. The summed E-state index contributed by atoms with van der Waals surface area (Å²) in [5.74, 6) is 0.555. The van der Waals surface area contributed by atoms with Gasteiger partial charge in [0.1, 0.15) is 18.0 Å². The Morgan fingerprint density at radius 3 is 1.56 bits per heavy atom. The molecule has 3 aromatic carbocycles. The quantitative estimate of drug-likeness (QED) is 0.303. The second-order valence-corrected chi connectivity index (χ2v) is 7.61. The summed E-state index contributed by atoms with van der Waals surface area (Å²) >= 11 is 0. The highest BCUT2D eigenvalue weighted by Gasteiger charge is 2.41. The smallest absolute Gasteiger partial charge is 0.314 e. The van der Waals surface area contributed by atoms with Crippen LogP contribution in [0.3, 0.4) is 0 Å². The summed E-state index contributed by atoms with van der Waals surface area (Å²) in [5.41, 5.74) is 2.43. The molecule has 0 aliphatic carbocycles. The third kappa shape index (κ3) is 4.87. The predicted molar refractivity (Wildman–Crippen MR) is 123 cm³/mol. The second kappa shape index (κ2) is 11.0. The highest BCUT2D eigenvalue weighted by atomic mass is 31.1. The Kier molecular flexibility index (Phi) is 8.09. The van der Waals surface area contributed by atoms with Gasteiger partial charge in [0.15, 0.2) is 5.82 Å². The van der Waals surface area contributed by atoms with Gasteiger partial charge in [-0.2, -0.15) is 5.10 Å².